The smallest absolute Gasteiger partial charge is 0.331 e. The Morgan fingerprint density at radius 1 is 0.958 bits per heavy atom. The Hall–Kier alpha value is -3.26. The second-order valence-electron chi connectivity index (χ2n) is 5.09. The van der Waals surface area contributed by atoms with Crippen molar-refractivity contribution in [3.05, 3.63) is 78.7 Å². The molecule has 0 fully saturated rings. The van der Waals surface area contributed by atoms with Crippen LogP contribution in [0.4, 0.5) is 0 Å². The van der Waals surface area contributed by atoms with Gasteiger partial charge in [0.05, 0.1) is 23.0 Å². The number of rotatable bonds is 5. The molecule has 24 heavy (non-hydrogen) atoms. The van der Waals surface area contributed by atoms with Crippen molar-refractivity contribution in [1.82, 2.24) is 24.9 Å². The summed E-state index contributed by atoms with van der Waals surface area (Å²) >= 11 is 0. The van der Waals surface area contributed by atoms with Crippen molar-refractivity contribution >= 4 is 5.97 Å². The third-order valence-electron chi connectivity index (χ3n) is 3.70. The van der Waals surface area contributed by atoms with Crippen molar-refractivity contribution in [2.75, 3.05) is 0 Å². The molecule has 0 saturated heterocycles. The zero-order valence-corrected chi connectivity index (χ0v) is 12.5. The highest BCUT2D eigenvalue weighted by Gasteiger charge is 2.48. The Bertz CT molecular complexity index is 776. The lowest BCUT2D eigenvalue weighted by Crippen LogP contribution is -2.51. The highest BCUT2D eigenvalue weighted by molar-refractivity contribution is 5.82. The van der Waals surface area contributed by atoms with Crippen molar-refractivity contribution in [3.8, 4) is 0 Å². The Labute approximate surface area is 137 Å². The van der Waals surface area contributed by atoms with Crippen LogP contribution in [-0.2, 0) is 10.3 Å². The van der Waals surface area contributed by atoms with Crippen LogP contribution in [0.3, 0.4) is 0 Å². The maximum absolute atomic E-state index is 12.2. The van der Waals surface area contributed by atoms with Gasteiger partial charge in [-0.15, -0.1) is 0 Å². The second-order valence-corrected chi connectivity index (χ2v) is 5.09. The zero-order valence-electron chi connectivity index (χ0n) is 12.5. The quantitative estimate of drug-likeness (QED) is 0.703. The van der Waals surface area contributed by atoms with E-state index in [0.717, 1.165) is 0 Å². The van der Waals surface area contributed by atoms with Crippen LogP contribution in [0.25, 0.3) is 0 Å². The lowest BCUT2D eigenvalue weighted by molar-refractivity contribution is -0.144. The van der Waals surface area contributed by atoms with Crippen LogP contribution in [0.15, 0.2) is 61.6 Å². The molecule has 0 spiro atoms. The normalized spacial score (nSPS) is 14.5. The molecule has 3 aromatic rings. The van der Waals surface area contributed by atoms with Crippen LogP contribution in [0.2, 0.25) is 0 Å². The molecule has 2 unspecified atom stereocenters. The largest absolute Gasteiger partial charge is 0.480 e. The summed E-state index contributed by atoms with van der Waals surface area (Å²) in [7, 11) is 0. The number of carboxylic acids is 1. The van der Waals surface area contributed by atoms with Gasteiger partial charge in [0.25, 0.3) is 0 Å². The lowest BCUT2D eigenvalue weighted by atomic mass is 9.77. The van der Waals surface area contributed by atoms with Crippen LogP contribution in [0.5, 0.6) is 0 Å². The number of hydrogen-bond acceptors (Lipinski definition) is 7. The van der Waals surface area contributed by atoms with E-state index in [4.69, 9.17) is 5.73 Å². The summed E-state index contributed by atoms with van der Waals surface area (Å²) in [6.45, 7) is 0. The van der Waals surface area contributed by atoms with E-state index in [0.29, 0.717) is 11.4 Å². The molecule has 0 radical (unpaired) electrons. The Balaban J connectivity index is 2.25. The molecular weight excluding hydrogens is 308 g/mol. The first-order chi connectivity index (χ1) is 11.6. The molecule has 0 bridgehead atoms. The predicted octanol–water partition coefficient (Wildman–Crippen LogP) is 0.732. The number of aliphatic carboxylic acids is 1. The van der Waals surface area contributed by atoms with Gasteiger partial charge in [-0.25, -0.2) is 24.7 Å². The van der Waals surface area contributed by atoms with E-state index in [1.807, 2.05) is 0 Å². The summed E-state index contributed by atoms with van der Waals surface area (Å²) in [6.07, 6.45) is 7.15. The molecule has 3 rings (SSSR count). The second kappa shape index (κ2) is 6.47. The van der Waals surface area contributed by atoms with Crippen molar-refractivity contribution < 1.29 is 9.90 Å². The van der Waals surface area contributed by atoms with Gasteiger partial charge in [0, 0.05) is 18.6 Å². The fourth-order valence-electron chi connectivity index (χ4n) is 2.55. The highest BCUT2D eigenvalue weighted by atomic mass is 16.4. The van der Waals surface area contributed by atoms with E-state index in [1.165, 1.54) is 31.1 Å². The van der Waals surface area contributed by atoms with Crippen LogP contribution < -0.4 is 5.73 Å². The van der Waals surface area contributed by atoms with E-state index in [2.05, 4.69) is 24.9 Å². The molecular formula is C16H14N6O2. The zero-order chi connectivity index (χ0) is 17.0. The van der Waals surface area contributed by atoms with Gasteiger partial charge in [-0.1, -0.05) is 6.07 Å². The summed E-state index contributed by atoms with van der Waals surface area (Å²) in [5.74, 6) is -2.09. The van der Waals surface area contributed by atoms with Gasteiger partial charge in [-0.3, -0.25) is 4.98 Å². The molecule has 0 aliphatic carbocycles. The van der Waals surface area contributed by atoms with Crippen molar-refractivity contribution in [2.24, 2.45) is 5.73 Å². The molecule has 3 aromatic heterocycles. The molecule has 2 atom stereocenters. The standard InChI is InChI=1S/C16H14N6O2/c17-16(15(23)24,13-5-8-19-10-22-13)14(11-3-1-2-6-20-11)12-4-7-18-9-21-12/h1-10,14H,17H2,(H,23,24). The SMILES string of the molecule is NC(C(=O)O)(c1ccncn1)C(c1ccccn1)c1ccncn1. The van der Waals surface area contributed by atoms with Gasteiger partial charge in [0.15, 0.2) is 5.54 Å². The van der Waals surface area contributed by atoms with Gasteiger partial charge in [0.1, 0.15) is 12.7 Å². The first-order valence-electron chi connectivity index (χ1n) is 7.09. The Morgan fingerprint density at radius 2 is 1.67 bits per heavy atom. The topological polar surface area (TPSA) is 128 Å². The fraction of sp³-hybridized carbons (Fsp3) is 0.125. The van der Waals surface area contributed by atoms with Gasteiger partial charge in [0.2, 0.25) is 0 Å². The maximum atomic E-state index is 12.2. The Morgan fingerprint density at radius 3 is 2.21 bits per heavy atom. The number of nitrogens with zero attached hydrogens (tertiary/aromatic N) is 5. The van der Waals surface area contributed by atoms with E-state index < -0.39 is 17.4 Å². The minimum absolute atomic E-state index is 0.166. The molecule has 3 heterocycles. The molecule has 0 amide bonds. The van der Waals surface area contributed by atoms with E-state index in [1.54, 1.807) is 30.5 Å². The molecule has 3 N–H and O–H groups in total. The number of carboxylic acid groups (broad SMARTS) is 1. The molecule has 0 aliphatic rings. The van der Waals surface area contributed by atoms with Crippen LogP contribution in [-0.4, -0.2) is 36.0 Å². The average molecular weight is 322 g/mol. The molecule has 8 nitrogen and oxygen atoms in total. The minimum atomic E-state index is -1.87. The number of pyridine rings is 1. The van der Waals surface area contributed by atoms with Gasteiger partial charge in [-0.2, -0.15) is 0 Å². The first kappa shape index (κ1) is 15.6. The molecule has 0 saturated carbocycles. The van der Waals surface area contributed by atoms with E-state index in [9.17, 15) is 9.90 Å². The summed E-state index contributed by atoms with van der Waals surface area (Å²) in [4.78, 5) is 32.4. The predicted molar refractivity (Wildman–Crippen MR) is 83.6 cm³/mol. The van der Waals surface area contributed by atoms with E-state index >= 15 is 0 Å². The van der Waals surface area contributed by atoms with E-state index in [-0.39, 0.29) is 5.69 Å². The van der Waals surface area contributed by atoms with Gasteiger partial charge < -0.3 is 10.8 Å². The van der Waals surface area contributed by atoms with Crippen molar-refractivity contribution in [3.63, 3.8) is 0 Å². The monoisotopic (exact) mass is 322 g/mol. The Kier molecular flexibility index (Phi) is 4.21. The summed E-state index contributed by atoms with van der Waals surface area (Å²) < 4.78 is 0. The molecule has 0 aromatic carbocycles. The molecule has 0 aliphatic heterocycles. The summed E-state index contributed by atoms with van der Waals surface area (Å²) in [5.41, 5.74) is 5.59. The summed E-state index contributed by atoms with van der Waals surface area (Å²) in [6, 6.07) is 8.30. The van der Waals surface area contributed by atoms with Crippen molar-refractivity contribution in [2.45, 2.75) is 11.5 Å². The van der Waals surface area contributed by atoms with Crippen LogP contribution in [0.1, 0.15) is 23.0 Å². The molecule has 120 valence electrons. The minimum Gasteiger partial charge on any atom is -0.480 e. The highest BCUT2D eigenvalue weighted by Crippen LogP contribution is 2.37. The van der Waals surface area contributed by atoms with Gasteiger partial charge >= 0.3 is 5.97 Å². The number of aromatic nitrogens is 5. The lowest BCUT2D eigenvalue weighted by Gasteiger charge is -2.32. The van der Waals surface area contributed by atoms with Crippen molar-refractivity contribution in [1.29, 1.82) is 0 Å². The van der Waals surface area contributed by atoms with Crippen LogP contribution >= 0.6 is 0 Å². The fourth-order valence-corrected chi connectivity index (χ4v) is 2.55. The third kappa shape index (κ3) is 2.70. The summed E-state index contributed by atoms with van der Waals surface area (Å²) in [5, 5.41) is 9.92. The maximum Gasteiger partial charge on any atom is 0.331 e. The number of hydrogen-bond donors (Lipinski definition) is 2. The number of nitrogens with two attached hydrogens (primary N) is 1. The number of carbonyl (C=O) groups is 1. The van der Waals surface area contributed by atoms with Crippen LogP contribution in [0, 0.1) is 0 Å². The third-order valence-corrected chi connectivity index (χ3v) is 3.70. The average Bonchev–Trinajstić information content (AvgIpc) is 2.64. The van der Waals surface area contributed by atoms with Gasteiger partial charge in [-0.05, 0) is 24.3 Å². The first-order valence-corrected chi connectivity index (χ1v) is 7.09. The molecule has 8 heteroatoms.